The van der Waals surface area contributed by atoms with E-state index in [1.807, 2.05) is 59.5 Å². The van der Waals surface area contributed by atoms with E-state index in [2.05, 4.69) is 11.8 Å². The quantitative estimate of drug-likeness (QED) is 0.670. The molecule has 32 heavy (non-hydrogen) atoms. The summed E-state index contributed by atoms with van der Waals surface area (Å²) in [5.74, 6) is 0.772. The minimum Gasteiger partial charge on any atom is -0.487 e. The van der Waals surface area contributed by atoms with Gasteiger partial charge in [-0.05, 0) is 62.8 Å². The summed E-state index contributed by atoms with van der Waals surface area (Å²) in [5.41, 5.74) is 1.36. The van der Waals surface area contributed by atoms with E-state index in [0.29, 0.717) is 24.4 Å². The first-order chi connectivity index (χ1) is 15.7. The van der Waals surface area contributed by atoms with E-state index in [9.17, 15) is 9.59 Å². The highest BCUT2D eigenvalue weighted by molar-refractivity contribution is 5.97. The molecule has 1 saturated carbocycles. The minimum absolute atomic E-state index is 0.0192. The lowest BCUT2D eigenvalue weighted by atomic mass is 9.90. The molecule has 4 rings (SSSR count). The van der Waals surface area contributed by atoms with E-state index in [1.165, 1.54) is 0 Å². The summed E-state index contributed by atoms with van der Waals surface area (Å²) in [5, 5.41) is 0. The van der Waals surface area contributed by atoms with Crippen molar-refractivity contribution in [2.45, 2.75) is 64.0 Å². The second kappa shape index (κ2) is 10.7. The Morgan fingerprint density at radius 2 is 1.66 bits per heavy atom. The van der Waals surface area contributed by atoms with Crippen molar-refractivity contribution in [2.75, 3.05) is 19.6 Å². The number of benzene rings is 2. The Morgan fingerprint density at radius 1 is 0.938 bits per heavy atom. The van der Waals surface area contributed by atoms with Gasteiger partial charge in [-0.3, -0.25) is 9.59 Å². The molecule has 0 aromatic heterocycles. The number of hydrogen-bond acceptors (Lipinski definition) is 3. The van der Waals surface area contributed by atoms with E-state index >= 15 is 0 Å². The minimum atomic E-state index is -0.107. The fourth-order valence-electron chi connectivity index (χ4n) is 4.98. The molecule has 1 fully saturated rings. The van der Waals surface area contributed by atoms with Gasteiger partial charge in [-0.25, -0.2) is 0 Å². The molecule has 1 aliphatic carbocycles. The van der Waals surface area contributed by atoms with Crippen LogP contribution in [-0.2, 0) is 0 Å². The summed E-state index contributed by atoms with van der Waals surface area (Å²) >= 11 is 0. The third-order valence-corrected chi connectivity index (χ3v) is 6.60. The number of carbonyl (C=O) groups excluding carboxylic acids is 2. The molecule has 5 heteroatoms. The van der Waals surface area contributed by atoms with Crippen LogP contribution in [0.2, 0.25) is 0 Å². The zero-order valence-electron chi connectivity index (χ0n) is 19.0. The van der Waals surface area contributed by atoms with Gasteiger partial charge in [0, 0.05) is 25.2 Å². The van der Waals surface area contributed by atoms with Crippen LogP contribution >= 0.6 is 0 Å². The van der Waals surface area contributed by atoms with Crippen LogP contribution in [0.1, 0.15) is 72.6 Å². The van der Waals surface area contributed by atoms with E-state index < -0.39 is 0 Å². The first-order valence-electron chi connectivity index (χ1n) is 12.1. The van der Waals surface area contributed by atoms with Crippen molar-refractivity contribution in [3.05, 3.63) is 65.7 Å². The maximum absolute atomic E-state index is 13.5. The van der Waals surface area contributed by atoms with Crippen molar-refractivity contribution >= 4 is 11.8 Å². The predicted octanol–water partition coefficient (Wildman–Crippen LogP) is 5.17. The van der Waals surface area contributed by atoms with Crippen molar-refractivity contribution in [2.24, 2.45) is 0 Å². The number of carbonyl (C=O) groups is 2. The standard InChI is InChI=1S/C27H34N2O3/c1-2-18-28-19-10-11-20-29(26(30)21-12-4-3-5-13-21)23-15-7-9-17-25(23)32-24-16-8-6-14-22(24)27(28)31/h3-6,8,12-14,16,23,25H,2,7,9-11,15,17-20H2,1H3/t23-,25+/m1/s1. The average Bonchev–Trinajstić information content (AvgIpc) is 2.83. The maximum atomic E-state index is 13.5. The Balaban J connectivity index is 1.69. The van der Waals surface area contributed by atoms with Gasteiger partial charge in [-0.2, -0.15) is 0 Å². The summed E-state index contributed by atoms with van der Waals surface area (Å²) in [6, 6.07) is 17.2. The fourth-order valence-corrected chi connectivity index (χ4v) is 4.98. The molecular weight excluding hydrogens is 400 g/mol. The van der Waals surface area contributed by atoms with Crippen LogP contribution in [0.5, 0.6) is 5.75 Å². The number of nitrogens with zero attached hydrogens (tertiary/aromatic N) is 2. The summed E-state index contributed by atoms with van der Waals surface area (Å²) in [4.78, 5) is 30.9. The molecule has 0 radical (unpaired) electrons. The summed E-state index contributed by atoms with van der Waals surface area (Å²) in [6.07, 6.45) is 6.55. The number of hydrogen-bond donors (Lipinski definition) is 0. The van der Waals surface area contributed by atoms with Crippen molar-refractivity contribution in [1.29, 1.82) is 0 Å². The molecule has 2 aromatic carbocycles. The number of amides is 2. The third-order valence-electron chi connectivity index (χ3n) is 6.60. The van der Waals surface area contributed by atoms with Crippen molar-refractivity contribution in [3.8, 4) is 5.75 Å². The lowest BCUT2D eigenvalue weighted by molar-refractivity contribution is 0.0259. The van der Waals surface area contributed by atoms with Crippen LogP contribution in [0.25, 0.3) is 0 Å². The first kappa shape index (κ1) is 22.4. The zero-order chi connectivity index (χ0) is 22.3. The molecule has 1 aliphatic heterocycles. The Morgan fingerprint density at radius 3 is 2.47 bits per heavy atom. The Bertz CT molecular complexity index is 914. The number of fused-ring (bicyclic) bond motifs is 2. The molecule has 170 valence electrons. The van der Waals surface area contributed by atoms with Gasteiger partial charge in [0.25, 0.3) is 11.8 Å². The Labute approximate surface area is 191 Å². The van der Waals surface area contributed by atoms with Crippen molar-refractivity contribution in [1.82, 2.24) is 9.80 Å². The van der Waals surface area contributed by atoms with Crippen molar-refractivity contribution in [3.63, 3.8) is 0 Å². The Kier molecular flexibility index (Phi) is 7.46. The molecule has 2 atom stereocenters. The highest BCUT2D eigenvalue weighted by Crippen LogP contribution is 2.31. The van der Waals surface area contributed by atoms with Crippen LogP contribution in [0.3, 0.4) is 0 Å². The molecule has 0 spiro atoms. The SMILES string of the molecule is CCCN1CCCCN(C(=O)c2ccccc2)[C@@H]2CCCC[C@@H]2Oc2ccccc2C1=O. The van der Waals surface area contributed by atoms with Gasteiger partial charge in [0.15, 0.2) is 0 Å². The van der Waals surface area contributed by atoms with Gasteiger partial charge in [0.1, 0.15) is 11.9 Å². The lowest BCUT2D eigenvalue weighted by Crippen LogP contribution is -2.51. The zero-order valence-corrected chi connectivity index (χ0v) is 19.0. The van der Waals surface area contributed by atoms with Crippen molar-refractivity contribution < 1.29 is 14.3 Å². The molecule has 0 N–H and O–H groups in total. The highest BCUT2D eigenvalue weighted by Gasteiger charge is 2.35. The van der Waals surface area contributed by atoms with Gasteiger partial charge >= 0.3 is 0 Å². The molecule has 0 bridgehead atoms. The summed E-state index contributed by atoms with van der Waals surface area (Å²) in [7, 11) is 0. The lowest BCUT2D eigenvalue weighted by Gasteiger charge is -2.40. The summed E-state index contributed by atoms with van der Waals surface area (Å²) in [6.45, 7) is 4.21. The molecule has 5 nitrogen and oxygen atoms in total. The molecule has 1 heterocycles. The van der Waals surface area contributed by atoms with Gasteiger partial charge in [0.2, 0.25) is 0 Å². The predicted molar refractivity (Wildman–Crippen MR) is 126 cm³/mol. The molecule has 2 amide bonds. The van der Waals surface area contributed by atoms with Crippen LogP contribution in [0.4, 0.5) is 0 Å². The first-order valence-corrected chi connectivity index (χ1v) is 12.1. The maximum Gasteiger partial charge on any atom is 0.257 e. The molecule has 0 saturated heterocycles. The summed E-state index contributed by atoms with van der Waals surface area (Å²) < 4.78 is 6.54. The van der Waals surface area contributed by atoms with E-state index in [1.54, 1.807) is 0 Å². The second-order valence-electron chi connectivity index (χ2n) is 8.87. The monoisotopic (exact) mass is 434 g/mol. The molecule has 0 unspecified atom stereocenters. The topological polar surface area (TPSA) is 49.9 Å². The molecule has 2 aromatic rings. The number of para-hydroxylation sites is 1. The van der Waals surface area contributed by atoms with E-state index in [-0.39, 0.29) is 24.0 Å². The van der Waals surface area contributed by atoms with Crippen LogP contribution in [-0.4, -0.2) is 53.4 Å². The largest absolute Gasteiger partial charge is 0.487 e. The van der Waals surface area contributed by atoms with Crippen LogP contribution in [0, 0.1) is 0 Å². The Hall–Kier alpha value is -2.82. The van der Waals surface area contributed by atoms with E-state index in [0.717, 1.165) is 57.1 Å². The second-order valence-corrected chi connectivity index (χ2v) is 8.87. The van der Waals surface area contributed by atoms with Gasteiger partial charge in [-0.15, -0.1) is 0 Å². The number of rotatable bonds is 3. The van der Waals surface area contributed by atoms with Crippen LogP contribution in [0.15, 0.2) is 54.6 Å². The van der Waals surface area contributed by atoms with Gasteiger partial charge in [-0.1, -0.05) is 43.7 Å². The molecule has 2 aliphatic rings. The third kappa shape index (κ3) is 4.98. The smallest absolute Gasteiger partial charge is 0.257 e. The average molecular weight is 435 g/mol. The fraction of sp³-hybridized carbons (Fsp3) is 0.481. The van der Waals surface area contributed by atoms with E-state index in [4.69, 9.17) is 4.74 Å². The number of ether oxygens (including phenoxy) is 1. The normalized spacial score (nSPS) is 22.1. The molecular formula is C27H34N2O3. The van der Waals surface area contributed by atoms with Crippen LogP contribution < -0.4 is 4.74 Å². The van der Waals surface area contributed by atoms with Gasteiger partial charge < -0.3 is 14.5 Å². The van der Waals surface area contributed by atoms with Gasteiger partial charge in [0.05, 0.1) is 11.6 Å². The highest BCUT2D eigenvalue weighted by atomic mass is 16.5.